The molecule has 2 rings (SSSR count). The van der Waals surface area contributed by atoms with Crippen LogP contribution in [0.2, 0.25) is 0 Å². The quantitative estimate of drug-likeness (QED) is 0.932. The van der Waals surface area contributed by atoms with E-state index >= 15 is 0 Å². The van der Waals surface area contributed by atoms with Gasteiger partial charge in [0, 0.05) is 23.7 Å². The third-order valence-corrected chi connectivity index (χ3v) is 3.50. The van der Waals surface area contributed by atoms with E-state index in [1.807, 2.05) is 29.6 Å². The lowest BCUT2D eigenvalue weighted by Crippen LogP contribution is -1.96. The highest BCUT2D eigenvalue weighted by atomic mass is 79.9. The maximum Gasteiger partial charge on any atom is 0.188 e. The number of aromatic nitrogens is 1. The molecule has 0 aliphatic rings. The van der Waals surface area contributed by atoms with E-state index < -0.39 is 0 Å². The second-order valence-electron chi connectivity index (χ2n) is 3.19. The topological polar surface area (TPSA) is 34.1 Å². The molecule has 2 aromatic rings. The van der Waals surface area contributed by atoms with Crippen molar-refractivity contribution in [2.75, 3.05) is 12.4 Å². The molecule has 1 heterocycles. The number of ether oxygens (including phenoxy) is 1. The number of nitrogens with one attached hydrogen (secondary N) is 1. The summed E-state index contributed by atoms with van der Waals surface area (Å²) >= 11 is 4.89. The second kappa shape index (κ2) is 5.43. The van der Waals surface area contributed by atoms with Crippen molar-refractivity contribution in [1.29, 1.82) is 0 Å². The number of para-hydroxylation sites is 1. The van der Waals surface area contributed by atoms with Gasteiger partial charge in [-0.25, -0.2) is 4.98 Å². The van der Waals surface area contributed by atoms with Gasteiger partial charge in [-0.3, -0.25) is 0 Å². The summed E-state index contributed by atoms with van der Waals surface area (Å²) in [6.07, 6.45) is 0. The predicted molar refractivity (Wildman–Crippen MR) is 70.3 cm³/mol. The van der Waals surface area contributed by atoms with Crippen molar-refractivity contribution in [3.8, 4) is 0 Å². The first-order valence-electron chi connectivity index (χ1n) is 4.74. The average molecular weight is 299 g/mol. The predicted octanol–water partition coefficient (Wildman–Crippen LogP) is 3.80. The lowest BCUT2D eigenvalue weighted by atomic mass is 10.2. The van der Waals surface area contributed by atoms with Gasteiger partial charge in [0.1, 0.15) is 4.60 Å². The minimum absolute atomic E-state index is 0.593. The molecule has 1 aromatic heterocycles. The molecule has 0 unspecified atom stereocenters. The summed E-state index contributed by atoms with van der Waals surface area (Å²) in [5, 5.41) is 6.09. The van der Waals surface area contributed by atoms with E-state index in [0.29, 0.717) is 6.61 Å². The smallest absolute Gasteiger partial charge is 0.188 e. The van der Waals surface area contributed by atoms with Gasteiger partial charge in [0.25, 0.3) is 0 Å². The van der Waals surface area contributed by atoms with E-state index in [0.717, 1.165) is 21.0 Å². The van der Waals surface area contributed by atoms with Crippen LogP contribution in [0.25, 0.3) is 0 Å². The summed E-state index contributed by atoms with van der Waals surface area (Å²) < 4.78 is 6.00. The molecular formula is C11H11BrN2OS. The minimum atomic E-state index is 0.593. The Morgan fingerprint density at radius 1 is 1.44 bits per heavy atom. The van der Waals surface area contributed by atoms with Crippen LogP contribution < -0.4 is 5.32 Å². The van der Waals surface area contributed by atoms with Crippen molar-refractivity contribution in [3.05, 3.63) is 39.8 Å². The average Bonchev–Trinajstić information content (AvgIpc) is 2.67. The fraction of sp³-hybridized carbons (Fsp3) is 0.182. The second-order valence-corrected chi connectivity index (χ2v) is 4.86. The number of halogens is 1. The molecule has 0 aliphatic heterocycles. The van der Waals surface area contributed by atoms with Crippen molar-refractivity contribution in [3.63, 3.8) is 0 Å². The minimum Gasteiger partial charge on any atom is -0.380 e. The van der Waals surface area contributed by atoms with Crippen LogP contribution in [0, 0.1) is 0 Å². The Hall–Kier alpha value is -0.910. The molecule has 0 radical (unpaired) electrons. The third-order valence-electron chi connectivity index (χ3n) is 2.03. The van der Waals surface area contributed by atoms with Crippen molar-refractivity contribution < 1.29 is 4.74 Å². The number of benzene rings is 1. The van der Waals surface area contributed by atoms with Crippen LogP contribution in [0.15, 0.2) is 34.2 Å². The molecular weight excluding hydrogens is 288 g/mol. The summed E-state index contributed by atoms with van der Waals surface area (Å²) in [6, 6.07) is 8.04. The fourth-order valence-corrected chi connectivity index (χ4v) is 2.51. The molecule has 3 nitrogen and oxygen atoms in total. The number of thiazole rings is 1. The number of hydrogen-bond donors (Lipinski definition) is 1. The van der Waals surface area contributed by atoms with Crippen LogP contribution >= 0.6 is 27.3 Å². The van der Waals surface area contributed by atoms with Crippen LogP contribution in [-0.2, 0) is 11.3 Å². The molecule has 0 saturated heterocycles. The maximum absolute atomic E-state index is 5.15. The molecule has 0 amide bonds. The Bertz CT molecular complexity index is 473. The van der Waals surface area contributed by atoms with Crippen LogP contribution in [0.1, 0.15) is 5.56 Å². The first-order valence-corrected chi connectivity index (χ1v) is 6.42. The standard InChI is InChI=1S/C11H11BrN2OS/c1-15-6-8-4-2-3-5-9(8)13-11-14-10(12)7-16-11/h2-5,7H,6H2,1H3,(H,13,14). The fourth-order valence-electron chi connectivity index (χ4n) is 1.35. The highest BCUT2D eigenvalue weighted by Gasteiger charge is 2.04. The van der Waals surface area contributed by atoms with E-state index in [9.17, 15) is 0 Å². The molecule has 16 heavy (non-hydrogen) atoms. The largest absolute Gasteiger partial charge is 0.380 e. The van der Waals surface area contributed by atoms with E-state index in [-0.39, 0.29) is 0 Å². The van der Waals surface area contributed by atoms with Crippen molar-refractivity contribution in [2.24, 2.45) is 0 Å². The van der Waals surface area contributed by atoms with E-state index in [1.54, 1.807) is 18.4 Å². The zero-order valence-electron chi connectivity index (χ0n) is 8.74. The molecule has 0 fully saturated rings. The first-order chi connectivity index (χ1) is 7.79. The number of hydrogen-bond acceptors (Lipinski definition) is 4. The van der Waals surface area contributed by atoms with Gasteiger partial charge in [-0.2, -0.15) is 0 Å². The highest BCUT2D eigenvalue weighted by molar-refractivity contribution is 9.10. The summed E-state index contributed by atoms with van der Waals surface area (Å²) in [4.78, 5) is 4.29. The molecule has 0 spiro atoms. The third kappa shape index (κ3) is 2.81. The Labute approximate surface area is 107 Å². The molecule has 84 valence electrons. The van der Waals surface area contributed by atoms with E-state index in [4.69, 9.17) is 4.74 Å². The maximum atomic E-state index is 5.15. The van der Waals surface area contributed by atoms with Gasteiger partial charge in [-0.15, -0.1) is 11.3 Å². The molecule has 0 aliphatic carbocycles. The van der Waals surface area contributed by atoms with Gasteiger partial charge >= 0.3 is 0 Å². The van der Waals surface area contributed by atoms with E-state index in [1.165, 1.54) is 0 Å². The van der Waals surface area contributed by atoms with Crippen LogP contribution in [-0.4, -0.2) is 12.1 Å². The zero-order valence-corrected chi connectivity index (χ0v) is 11.1. The molecule has 1 N–H and O–H groups in total. The van der Waals surface area contributed by atoms with Crippen LogP contribution in [0.5, 0.6) is 0 Å². The van der Waals surface area contributed by atoms with Crippen molar-refractivity contribution in [2.45, 2.75) is 6.61 Å². The number of methoxy groups -OCH3 is 1. The Balaban J connectivity index is 2.20. The molecule has 0 atom stereocenters. The van der Waals surface area contributed by atoms with Gasteiger partial charge in [0.15, 0.2) is 5.13 Å². The zero-order chi connectivity index (χ0) is 11.4. The SMILES string of the molecule is COCc1ccccc1Nc1nc(Br)cs1. The molecule has 5 heteroatoms. The van der Waals surface area contributed by atoms with Gasteiger partial charge in [0.2, 0.25) is 0 Å². The van der Waals surface area contributed by atoms with Crippen LogP contribution in [0.3, 0.4) is 0 Å². The highest BCUT2D eigenvalue weighted by Crippen LogP contribution is 2.25. The van der Waals surface area contributed by atoms with Gasteiger partial charge in [0.05, 0.1) is 6.61 Å². The summed E-state index contributed by atoms with van der Waals surface area (Å²) in [6.45, 7) is 0.593. The summed E-state index contributed by atoms with van der Waals surface area (Å²) in [5.41, 5.74) is 2.16. The number of nitrogens with zero attached hydrogens (tertiary/aromatic N) is 1. The van der Waals surface area contributed by atoms with Gasteiger partial charge in [-0.1, -0.05) is 18.2 Å². The Morgan fingerprint density at radius 3 is 2.94 bits per heavy atom. The normalized spacial score (nSPS) is 10.4. The Morgan fingerprint density at radius 2 is 2.25 bits per heavy atom. The lowest BCUT2D eigenvalue weighted by molar-refractivity contribution is 0.185. The van der Waals surface area contributed by atoms with Gasteiger partial charge in [-0.05, 0) is 22.0 Å². The van der Waals surface area contributed by atoms with Gasteiger partial charge < -0.3 is 10.1 Å². The lowest BCUT2D eigenvalue weighted by Gasteiger charge is -2.08. The molecule has 0 bridgehead atoms. The Kier molecular flexibility index (Phi) is 3.93. The summed E-state index contributed by atoms with van der Waals surface area (Å²) in [5.74, 6) is 0. The number of rotatable bonds is 4. The van der Waals surface area contributed by atoms with E-state index in [2.05, 4.69) is 26.2 Å². The molecule has 0 saturated carbocycles. The molecule has 1 aromatic carbocycles. The van der Waals surface area contributed by atoms with Crippen molar-refractivity contribution in [1.82, 2.24) is 4.98 Å². The first kappa shape index (κ1) is 11.6. The van der Waals surface area contributed by atoms with Crippen LogP contribution in [0.4, 0.5) is 10.8 Å². The van der Waals surface area contributed by atoms with Crippen molar-refractivity contribution >= 4 is 38.1 Å². The number of anilines is 2. The monoisotopic (exact) mass is 298 g/mol. The summed E-state index contributed by atoms with van der Waals surface area (Å²) in [7, 11) is 1.69.